The molecule has 28 heavy (non-hydrogen) atoms. The van der Waals surface area contributed by atoms with Crippen molar-refractivity contribution in [1.29, 1.82) is 0 Å². The summed E-state index contributed by atoms with van der Waals surface area (Å²) in [4.78, 5) is 24.6. The number of likely N-dealkylation sites (tertiary alicyclic amines) is 1. The van der Waals surface area contributed by atoms with Crippen LogP contribution in [-0.4, -0.2) is 48.8 Å². The van der Waals surface area contributed by atoms with Crippen molar-refractivity contribution < 1.29 is 28.9 Å². The second-order valence-corrected chi connectivity index (χ2v) is 6.51. The van der Waals surface area contributed by atoms with Crippen LogP contribution >= 0.6 is 0 Å². The number of rotatable bonds is 9. The number of aliphatic carboxylic acids is 1. The lowest BCUT2D eigenvalue weighted by molar-refractivity contribution is -0.141. The van der Waals surface area contributed by atoms with Crippen LogP contribution in [0, 0.1) is 5.92 Å². The molecule has 1 aliphatic rings. The summed E-state index contributed by atoms with van der Waals surface area (Å²) in [7, 11) is 1.59. The zero-order valence-electron chi connectivity index (χ0n) is 15.7. The summed E-state index contributed by atoms with van der Waals surface area (Å²) in [5.74, 6) is 0.302. The fraction of sp³-hybridized carbons (Fsp3) is 0.333. The highest BCUT2D eigenvalue weighted by Crippen LogP contribution is 2.26. The van der Waals surface area contributed by atoms with Gasteiger partial charge in [0.2, 0.25) is 5.91 Å². The highest BCUT2D eigenvalue weighted by atomic mass is 16.5. The predicted octanol–water partition coefficient (Wildman–Crippen LogP) is 2.59. The molecule has 148 valence electrons. The summed E-state index contributed by atoms with van der Waals surface area (Å²) >= 11 is 0. The minimum absolute atomic E-state index is 0.0613. The first-order chi connectivity index (χ1) is 13.6. The van der Waals surface area contributed by atoms with Crippen molar-refractivity contribution in [2.75, 3.05) is 26.9 Å². The molecule has 0 spiro atoms. The van der Waals surface area contributed by atoms with Crippen LogP contribution in [0.2, 0.25) is 0 Å². The van der Waals surface area contributed by atoms with Gasteiger partial charge in [0.05, 0.1) is 13.0 Å². The van der Waals surface area contributed by atoms with E-state index in [1.54, 1.807) is 12.0 Å². The van der Waals surface area contributed by atoms with Crippen molar-refractivity contribution >= 4 is 11.9 Å². The van der Waals surface area contributed by atoms with E-state index in [1.165, 1.54) is 0 Å². The smallest absolute Gasteiger partial charge is 0.308 e. The molecule has 1 atom stereocenters. The minimum atomic E-state index is -0.928. The second kappa shape index (κ2) is 9.12. The van der Waals surface area contributed by atoms with Crippen LogP contribution in [0.5, 0.6) is 17.2 Å². The predicted molar refractivity (Wildman–Crippen MR) is 102 cm³/mol. The van der Waals surface area contributed by atoms with E-state index in [1.807, 2.05) is 48.5 Å². The molecule has 0 aromatic heterocycles. The standard InChI is InChI=1S/C21H23NO6/c1-26-18-7-2-3-8-19(18)28-10-9-27-17-6-4-5-15(11-17)13-22-14-16(21(24)25)12-20(22)23/h2-8,11,16H,9-10,12-14H2,1H3,(H,24,25). The normalized spacial score (nSPS) is 16.1. The van der Waals surface area contributed by atoms with Crippen LogP contribution < -0.4 is 14.2 Å². The number of methoxy groups -OCH3 is 1. The minimum Gasteiger partial charge on any atom is -0.493 e. The largest absolute Gasteiger partial charge is 0.493 e. The Morgan fingerprint density at radius 3 is 2.57 bits per heavy atom. The lowest BCUT2D eigenvalue weighted by atomic mass is 10.1. The number of nitrogens with zero attached hydrogens (tertiary/aromatic N) is 1. The number of ether oxygens (including phenoxy) is 3. The van der Waals surface area contributed by atoms with Gasteiger partial charge in [-0.1, -0.05) is 24.3 Å². The molecule has 1 amide bonds. The number of carbonyl (C=O) groups excluding carboxylic acids is 1. The zero-order chi connectivity index (χ0) is 19.9. The monoisotopic (exact) mass is 385 g/mol. The van der Waals surface area contributed by atoms with E-state index in [9.17, 15) is 9.59 Å². The molecular weight excluding hydrogens is 362 g/mol. The van der Waals surface area contributed by atoms with Gasteiger partial charge in [-0.05, 0) is 29.8 Å². The maximum absolute atomic E-state index is 12.0. The molecule has 3 rings (SSSR count). The average molecular weight is 385 g/mol. The number of para-hydroxylation sites is 2. The Bertz CT molecular complexity index is 837. The van der Waals surface area contributed by atoms with E-state index in [-0.39, 0.29) is 18.9 Å². The van der Waals surface area contributed by atoms with Gasteiger partial charge in [0.25, 0.3) is 0 Å². The van der Waals surface area contributed by atoms with Crippen LogP contribution in [-0.2, 0) is 16.1 Å². The van der Waals surface area contributed by atoms with E-state index in [0.717, 1.165) is 5.56 Å². The molecule has 1 unspecified atom stereocenters. The Morgan fingerprint density at radius 1 is 1.11 bits per heavy atom. The van der Waals surface area contributed by atoms with Gasteiger partial charge in [-0.15, -0.1) is 0 Å². The third-order valence-electron chi connectivity index (χ3n) is 4.51. The molecular formula is C21H23NO6. The van der Waals surface area contributed by atoms with Crippen molar-refractivity contribution in [3.8, 4) is 17.2 Å². The molecule has 2 aromatic carbocycles. The summed E-state index contributed by atoms with van der Waals surface area (Å²) in [6.45, 7) is 1.32. The third-order valence-corrected chi connectivity index (χ3v) is 4.51. The van der Waals surface area contributed by atoms with Crippen molar-refractivity contribution in [2.24, 2.45) is 5.92 Å². The van der Waals surface area contributed by atoms with Crippen LogP contribution in [0.3, 0.4) is 0 Å². The lowest BCUT2D eigenvalue weighted by Gasteiger charge is -2.17. The highest BCUT2D eigenvalue weighted by molar-refractivity contribution is 5.86. The number of benzene rings is 2. The summed E-state index contributed by atoms with van der Waals surface area (Å²) in [5.41, 5.74) is 0.891. The Balaban J connectivity index is 1.50. The van der Waals surface area contributed by atoms with Gasteiger partial charge < -0.3 is 24.2 Å². The summed E-state index contributed by atoms with van der Waals surface area (Å²) in [6, 6.07) is 14.8. The molecule has 1 saturated heterocycles. The summed E-state index contributed by atoms with van der Waals surface area (Å²) < 4.78 is 16.6. The molecule has 1 N–H and O–H groups in total. The van der Waals surface area contributed by atoms with Crippen molar-refractivity contribution in [1.82, 2.24) is 4.90 Å². The highest BCUT2D eigenvalue weighted by Gasteiger charge is 2.34. The molecule has 0 radical (unpaired) electrons. The van der Waals surface area contributed by atoms with Crippen molar-refractivity contribution in [3.05, 3.63) is 54.1 Å². The number of carboxylic acid groups (broad SMARTS) is 1. The first kappa shape index (κ1) is 19.5. The Kier molecular flexibility index (Phi) is 6.37. The fourth-order valence-electron chi connectivity index (χ4n) is 3.09. The first-order valence-electron chi connectivity index (χ1n) is 9.05. The number of carboxylic acids is 1. The summed E-state index contributed by atoms with van der Waals surface area (Å²) in [6.07, 6.45) is 0.0613. The summed E-state index contributed by atoms with van der Waals surface area (Å²) in [5, 5.41) is 9.08. The number of hydrogen-bond acceptors (Lipinski definition) is 5. The molecule has 1 fully saturated rings. The second-order valence-electron chi connectivity index (χ2n) is 6.51. The quantitative estimate of drug-likeness (QED) is 0.668. The molecule has 1 aliphatic heterocycles. The van der Waals surface area contributed by atoms with Crippen LogP contribution in [0.4, 0.5) is 0 Å². The fourth-order valence-corrected chi connectivity index (χ4v) is 3.09. The van der Waals surface area contributed by atoms with Crippen LogP contribution in [0.1, 0.15) is 12.0 Å². The zero-order valence-corrected chi connectivity index (χ0v) is 15.7. The molecule has 0 bridgehead atoms. The van der Waals surface area contributed by atoms with Crippen LogP contribution in [0.25, 0.3) is 0 Å². The number of carbonyl (C=O) groups is 2. The van der Waals surface area contributed by atoms with Gasteiger partial charge in [-0.3, -0.25) is 9.59 Å². The maximum atomic E-state index is 12.0. The Morgan fingerprint density at radius 2 is 1.86 bits per heavy atom. The average Bonchev–Trinajstić information content (AvgIpc) is 3.06. The van der Waals surface area contributed by atoms with E-state index >= 15 is 0 Å². The van der Waals surface area contributed by atoms with E-state index in [4.69, 9.17) is 19.3 Å². The maximum Gasteiger partial charge on any atom is 0.308 e. The van der Waals surface area contributed by atoms with Crippen molar-refractivity contribution in [2.45, 2.75) is 13.0 Å². The topological polar surface area (TPSA) is 85.3 Å². The number of hydrogen-bond donors (Lipinski definition) is 1. The van der Waals surface area contributed by atoms with E-state index in [2.05, 4.69) is 0 Å². The van der Waals surface area contributed by atoms with Gasteiger partial charge in [0.15, 0.2) is 11.5 Å². The first-order valence-corrected chi connectivity index (χ1v) is 9.05. The van der Waals surface area contributed by atoms with Gasteiger partial charge in [-0.25, -0.2) is 0 Å². The number of amides is 1. The Hall–Kier alpha value is -3.22. The SMILES string of the molecule is COc1ccccc1OCCOc1cccc(CN2CC(C(=O)O)CC2=O)c1. The molecule has 7 heteroatoms. The molecule has 7 nitrogen and oxygen atoms in total. The lowest BCUT2D eigenvalue weighted by Crippen LogP contribution is -2.25. The van der Waals surface area contributed by atoms with Gasteiger partial charge in [-0.2, -0.15) is 0 Å². The Labute approximate surface area is 163 Å². The van der Waals surface area contributed by atoms with E-state index < -0.39 is 11.9 Å². The van der Waals surface area contributed by atoms with Gasteiger partial charge >= 0.3 is 5.97 Å². The molecule has 2 aromatic rings. The van der Waals surface area contributed by atoms with E-state index in [0.29, 0.717) is 37.0 Å². The molecule has 1 heterocycles. The third kappa shape index (κ3) is 4.94. The van der Waals surface area contributed by atoms with Gasteiger partial charge in [0.1, 0.15) is 19.0 Å². The molecule has 0 saturated carbocycles. The van der Waals surface area contributed by atoms with Crippen molar-refractivity contribution in [3.63, 3.8) is 0 Å². The van der Waals surface area contributed by atoms with Gasteiger partial charge in [0, 0.05) is 19.5 Å². The molecule has 0 aliphatic carbocycles. The van der Waals surface area contributed by atoms with Crippen LogP contribution in [0.15, 0.2) is 48.5 Å².